The topological polar surface area (TPSA) is 75.0 Å². The van der Waals surface area contributed by atoms with E-state index in [4.69, 9.17) is 0 Å². The Hall–Kier alpha value is -2.52. The van der Waals surface area contributed by atoms with E-state index in [0.717, 1.165) is 0 Å². The minimum atomic E-state index is -3.85. The lowest BCUT2D eigenvalue weighted by molar-refractivity contribution is -0.110. The zero-order chi connectivity index (χ0) is 16.7. The highest BCUT2D eigenvalue weighted by molar-refractivity contribution is 7.92. The number of aldehydes is 1. The monoisotopic (exact) mass is 329 g/mol. The summed E-state index contributed by atoms with van der Waals surface area (Å²) in [5.41, 5.74) is -1.17. The first-order valence-electron chi connectivity index (χ1n) is 6.89. The molecule has 2 aromatic rings. The van der Waals surface area contributed by atoms with Crippen molar-refractivity contribution in [1.82, 2.24) is 0 Å². The predicted molar refractivity (Wildman–Crippen MR) is 80.7 cm³/mol. The van der Waals surface area contributed by atoms with Gasteiger partial charge in [-0.25, -0.2) is 12.8 Å². The van der Waals surface area contributed by atoms with Gasteiger partial charge in [0.1, 0.15) is 22.8 Å². The van der Waals surface area contributed by atoms with Crippen LogP contribution in [-0.4, -0.2) is 20.0 Å². The lowest BCUT2D eigenvalue weighted by atomic mass is 10.0. The maximum atomic E-state index is 13.1. The molecule has 4 nitrogen and oxygen atoms in total. The third-order valence-electron chi connectivity index (χ3n) is 4.20. The zero-order valence-electron chi connectivity index (χ0n) is 11.9. The highest BCUT2D eigenvalue weighted by atomic mass is 32.2. The van der Waals surface area contributed by atoms with E-state index in [0.29, 0.717) is 11.8 Å². The Morgan fingerprint density at radius 1 is 1.09 bits per heavy atom. The molecule has 3 rings (SSSR count). The minimum absolute atomic E-state index is 0.0658. The molecule has 0 bridgehead atoms. The van der Waals surface area contributed by atoms with Crippen molar-refractivity contribution in [2.75, 3.05) is 0 Å². The van der Waals surface area contributed by atoms with E-state index < -0.39 is 32.2 Å². The van der Waals surface area contributed by atoms with E-state index in [-0.39, 0.29) is 4.90 Å². The summed E-state index contributed by atoms with van der Waals surface area (Å²) in [6, 6.07) is 14.8. The van der Waals surface area contributed by atoms with Gasteiger partial charge in [0.15, 0.2) is 9.84 Å². The first-order valence-corrected chi connectivity index (χ1v) is 8.44. The molecule has 3 atom stereocenters. The molecule has 2 aromatic carbocycles. The summed E-state index contributed by atoms with van der Waals surface area (Å²) >= 11 is 0. The van der Waals surface area contributed by atoms with Crippen molar-refractivity contribution in [2.45, 2.75) is 16.1 Å². The van der Waals surface area contributed by atoms with E-state index in [1.165, 1.54) is 36.4 Å². The zero-order valence-corrected chi connectivity index (χ0v) is 12.7. The van der Waals surface area contributed by atoms with Gasteiger partial charge in [-0.15, -0.1) is 0 Å². The Morgan fingerprint density at radius 2 is 1.70 bits per heavy atom. The van der Waals surface area contributed by atoms with E-state index in [1.54, 1.807) is 18.2 Å². The Balaban J connectivity index is 2.09. The molecule has 0 unspecified atom stereocenters. The molecule has 1 fully saturated rings. The number of carbonyl (C=O) groups excluding carboxylic acids is 1. The number of sulfone groups is 1. The Kier molecular flexibility index (Phi) is 3.53. The van der Waals surface area contributed by atoms with Gasteiger partial charge in [-0.05, 0) is 29.8 Å². The van der Waals surface area contributed by atoms with E-state index in [2.05, 4.69) is 0 Å². The summed E-state index contributed by atoms with van der Waals surface area (Å²) in [5.74, 6) is -1.26. The van der Waals surface area contributed by atoms with Crippen LogP contribution < -0.4 is 0 Å². The van der Waals surface area contributed by atoms with Crippen LogP contribution >= 0.6 is 0 Å². The normalized spacial score (nSPS) is 26.3. The Labute approximate surface area is 133 Å². The number of hydrogen-bond acceptors (Lipinski definition) is 4. The number of rotatable bonds is 4. The van der Waals surface area contributed by atoms with Crippen LogP contribution in [0.1, 0.15) is 11.5 Å². The van der Waals surface area contributed by atoms with Crippen LogP contribution in [0, 0.1) is 22.6 Å². The third-order valence-corrected chi connectivity index (χ3v) is 6.46. The van der Waals surface area contributed by atoms with Crippen LogP contribution in [0.15, 0.2) is 59.5 Å². The molecular formula is C17H12FNO3S. The number of benzene rings is 2. The molecule has 0 N–H and O–H groups in total. The highest BCUT2D eigenvalue weighted by Gasteiger charge is 2.72. The highest BCUT2D eigenvalue weighted by Crippen LogP contribution is 2.62. The fourth-order valence-corrected chi connectivity index (χ4v) is 5.25. The lowest BCUT2D eigenvalue weighted by Gasteiger charge is -2.03. The van der Waals surface area contributed by atoms with Crippen LogP contribution in [0.4, 0.5) is 4.39 Å². The van der Waals surface area contributed by atoms with Gasteiger partial charge < -0.3 is 4.79 Å². The third kappa shape index (κ3) is 2.25. The van der Waals surface area contributed by atoms with Crippen molar-refractivity contribution in [2.24, 2.45) is 5.41 Å². The smallest absolute Gasteiger partial charge is 0.183 e. The van der Waals surface area contributed by atoms with E-state index in [1.807, 2.05) is 6.07 Å². The maximum Gasteiger partial charge on any atom is 0.183 e. The number of carbonyl (C=O) groups is 1. The molecule has 0 spiro atoms. The second-order valence-electron chi connectivity index (χ2n) is 5.47. The fraction of sp³-hybridized carbons (Fsp3) is 0.176. The molecule has 1 aliphatic carbocycles. The van der Waals surface area contributed by atoms with Gasteiger partial charge in [-0.2, -0.15) is 5.26 Å². The van der Waals surface area contributed by atoms with Crippen molar-refractivity contribution in [3.63, 3.8) is 0 Å². The second-order valence-corrected chi connectivity index (χ2v) is 7.54. The van der Waals surface area contributed by atoms with Gasteiger partial charge in [0.25, 0.3) is 0 Å². The number of hydrogen-bond donors (Lipinski definition) is 0. The summed E-state index contributed by atoms with van der Waals surface area (Å²) < 4.78 is 38.7. The van der Waals surface area contributed by atoms with Crippen molar-refractivity contribution < 1.29 is 17.6 Å². The molecule has 6 heteroatoms. The Bertz CT molecular complexity index is 888. The van der Waals surface area contributed by atoms with Crippen molar-refractivity contribution in [3.05, 3.63) is 66.0 Å². The number of nitrogens with zero attached hydrogens (tertiary/aromatic N) is 1. The molecule has 23 heavy (non-hydrogen) atoms. The molecule has 0 radical (unpaired) electrons. The number of halogens is 1. The lowest BCUT2D eigenvalue weighted by Crippen LogP contribution is -2.16. The molecule has 1 saturated carbocycles. The Morgan fingerprint density at radius 3 is 2.22 bits per heavy atom. The van der Waals surface area contributed by atoms with Crippen molar-refractivity contribution >= 4 is 16.1 Å². The molecule has 0 aromatic heterocycles. The van der Waals surface area contributed by atoms with Crippen LogP contribution in [0.25, 0.3) is 0 Å². The molecule has 1 aliphatic rings. The van der Waals surface area contributed by atoms with Crippen molar-refractivity contribution in [1.29, 1.82) is 5.26 Å². The molecule has 0 saturated heterocycles. The quantitative estimate of drug-likeness (QED) is 0.808. The first kappa shape index (κ1) is 15.4. The van der Waals surface area contributed by atoms with Gasteiger partial charge in [-0.3, -0.25) is 0 Å². The van der Waals surface area contributed by atoms with Gasteiger partial charge in [0.05, 0.1) is 11.0 Å². The van der Waals surface area contributed by atoms with Crippen LogP contribution in [0.3, 0.4) is 0 Å². The van der Waals surface area contributed by atoms with Gasteiger partial charge in [-0.1, -0.05) is 30.3 Å². The fourth-order valence-electron chi connectivity index (χ4n) is 2.99. The largest absolute Gasteiger partial charge is 0.302 e. The molecule has 116 valence electrons. The van der Waals surface area contributed by atoms with Gasteiger partial charge >= 0.3 is 0 Å². The first-order chi connectivity index (χ1) is 11.0. The van der Waals surface area contributed by atoms with Crippen molar-refractivity contribution in [3.8, 4) is 6.07 Å². The van der Waals surface area contributed by atoms with Gasteiger partial charge in [0, 0.05) is 5.92 Å². The van der Waals surface area contributed by atoms with E-state index >= 15 is 0 Å². The SMILES string of the molecule is N#C[C@]1(C=O)[C@H](c2ccc(F)cc2)[C@H]1S(=O)(=O)c1ccccc1. The average molecular weight is 329 g/mol. The van der Waals surface area contributed by atoms with Gasteiger partial charge in [0.2, 0.25) is 0 Å². The number of nitriles is 1. The summed E-state index contributed by atoms with van der Waals surface area (Å²) in [4.78, 5) is 11.6. The predicted octanol–water partition coefficient (Wildman–Crippen LogP) is 2.47. The minimum Gasteiger partial charge on any atom is -0.302 e. The van der Waals surface area contributed by atoms with Crippen LogP contribution in [-0.2, 0) is 14.6 Å². The standard InChI is InChI=1S/C17H12FNO3S/c18-13-8-6-12(7-9-13)15-16(17(15,10-19)11-20)23(21,22)14-4-2-1-3-5-14/h1-9,11,15-16H/t15-,16-,17+/m1/s1. The molecule has 0 heterocycles. The summed E-state index contributed by atoms with van der Waals surface area (Å²) in [6.45, 7) is 0. The summed E-state index contributed by atoms with van der Waals surface area (Å²) in [6.07, 6.45) is 0.395. The maximum absolute atomic E-state index is 13.1. The van der Waals surface area contributed by atoms with E-state index in [9.17, 15) is 22.9 Å². The second kappa shape index (κ2) is 5.28. The molecule has 0 aliphatic heterocycles. The molecule has 0 amide bonds. The summed E-state index contributed by atoms with van der Waals surface area (Å²) in [5, 5.41) is 8.24. The van der Waals surface area contributed by atoms with Crippen LogP contribution in [0.2, 0.25) is 0 Å². The van der Waals surface area contributed by atoms with Crippen LogP contribution in [0.5, 0.6) is 0 Å². The summed E-state index contributed by atoms with van der Waals surface area (Å²) in [7, 11) is -3.85. The average Bonchev–Trinajstić information content (AvgIpc) is 3.27. The molecular weight excluding hydrogens is 317 g/mol.